The number of nitrogens with zero attached hydrogens (tertiary/aromatic N) is 4. The molecule has 0 bridgehead atoms. The molecule has 0 aliphatic carbocycles. The fraction of sp³-hybridized carbons (Fsp3) is 0.556. The first kappa shape index (κ1) is 16.4. The van der Waals surface area contributed by atoms with Crippen molar-refractivity contribution in [2.75, 3.05) is 52.4 Å². The molecule has 0 radical (unpaired) electrons. The average molecular weight is 344 g/mol. The number of likely N-dealkylation sites (tertiary alicyclic amines) is 1. The molecule has 2 fully saturated rings. The van der Waals surface area contributed by atoms with Gasteiger partial charge in [0.15, 0.2) is 0 Å². The zero-order valence-electron chi connectivity index (χ0n) is 14.9. The number of hydrogen-bond acceptors (Lipinski definition) is 7. The highest BCUT2D eigenvalue weighted by molar-refractivity contribution is 5.94. The average Bonchev–Trinajstić information content (AvgIpc) is 2.66. The largest absolute Gasteiger partial charge is 0.497 e. The number of benzene rings is 1. The molecule has 2 saturated heterocycles. The third-order valence-corrected chi connectivity index (χ3v) is 5.17. The van der Waals surface area contributed by atoms with E-state index in [1.807, 2.05) is 12.1 Å². The van der Waals surface area contributed by atoms with Crippen molar-refractivity contribution >= 4 is 16.7 Å². The van der Waals surface area contributed by atoms with Crippen LogP contribution in [0.5, 0.6) is 11.5 Å². The van der Waals surface area contributed by atoms with E-state index in [-0.39, 0.29) is 6.10 Å². The van der Waals surface area contributed by atoms with Gasteiger partial charge in [0.25, 0.3) is 0 Å². The zero-order chi connectivity index (χ0) is 17.4. The van der Waals surface area contributed by atoms with Crippen molar-refractivity contribution in [1.82, 2.24) is 14.9 Å². The Hall–Kier alpha value is -2.12. The van der Waals surface area contributed by atoms with Gasteiger partial charge >= 0.3 is 0 Å². The molecule has 7 nitrogen and oxygen atoms in total. The van der Waals surface area contributed by atoms with E-state index >= 15 is 0 Å². The molecule has 2 aliphatic rings. The van der Waals surface area contributed by atoms with E-state index in [1.165, 1.54) is 0 Å². The van der Waals surface area contributed by atoms with Crippen LogP contribution < -0.4 is 14.4 Å². The number of piperidine rings is 1. The Balaban J connectivity index is 1.82. The molecule has 3 heterocycles. The number of morpholine rings is 1. The SMILES string of the molecule is COc1cc(OC)c2ncnc(N3CCO[C@@H]4CCN(C)C[C@@H]43)c2c1. The molecule has 25 heavy (non-hydrogen) atoms. The molecule has 0 saturated carbocycles. The standard InChI is InChI=1S/C18H24N4O3/c1-21-5-4-15-14(10-21)22(6-7-25-15)18-13-8-12(23-2)9-16(24-3)17(13)19-11-20-18/h8-9,11,14-15H,4-7,10H2,1-3H3/t14-,15+/m0/s1. The maximum Gasteiger partial charge on any atom is 0.148 e. The monoisotopic (exact) mass is 344 g/mol. The van der Waals surface area contributed by atoms with Crippen LogP contribution in [0, 0.1) is 0 Å². The van der Waals surface area contributed by atoms with Crippen molar-refractivity contribution in [2.45, 2.75) is 18.6 Å². The van der Waals surface area contributed by atoms with Crippen molar-refractivity contribution in [3.05, 3.63) is 18.5 Å². The molecule has 4 rings (SSSR count). The predicted molar refractivity (Wildman–Crippen MR) is 95.6 cm³/mol. The first-order valence-electron chi connectivity index (χ1n) is 8.64. The Kier molecular flexibility index (Phi) is 4.35. The third kappa shape index (κ3) is 2.87. The fourth-order valence-corrected chi connectivity index (χ4v) is 3.89. The van der Waals surface area contributed by atoms with Gasteiger partial charge < -0.3 is 24.0 Å². The summed E-state index contributed by atoms with van der Waals surface area (Å²) in [7, 11) is 5.47. The molecule has 7 heteroatoms. The van der Waals surface area contributed by atoms with Gasteiger partial charge in [0.1, 0.15) is 29.2 Å². The van der Waals surface area contributed by atoms with Crippen LogP contribution in [-0.4, -0.2) is 74.5 Å². The van der Waals surface area contributed by atoms with Gasteiger partial charge in [-0.25, -0.2) is 9.97 Å². The van der Waals surface area contributed by atoms with Crippen LogP contribution in [0.1, 0.15) is 6.42 Å². The summed E-state index contributed by atoms with van der Waals surface area (Å²) in [5.41, 5.74) is 0.806. The number of methoxy groups -OCH3 is 2. The molecule has 2 atom stereocenters. The molecule has 0 amide bonds. The van der Waals surface area contributed by atoms with Gasteiger partial charge in [-0.3, -0.25) is 0 Å². The van der Waals surface area contributed by atoms with Crippen molar-refractivity contribution < 1.29 is 14.2 Å². The second kappa shape index (κ2) is 6.65. The van der Waals surface area contributed by atoms with Crippen LogP contribution in [0.4, 0.5) is 5.82 Å². The van der Waals surface area contributed by atoms with E-state index in [0.29, 0.717) is 11.8 Å². The summed E-state index contributed by atoms with van der Waals surface area (Å²) in [6.45, 7) is 3.58. The van der Waals surface area contributed by atoms with Crippen molar-refractivity contribution in [3.63, 3.8) is 0 Å². The van der Waals surface area contributed by atoms with E-state index in [2.05, 4.69) is 26.8 Å². The van der Waals surface area contributed by atoms with Gasteiger partial charge in [0, 0.05) is 25.7 Å². The van der Waals surface area contributed by atoms with Crippen molar-refractivity contribution in [3.8, 4) is 11.5 Å². The van der Waals surface area contributed by atoms with Gasteiger partial charge in [-0.1, -0.05) is 0 Å². The van der Waals surface area contributed by atoms with E-state index in [0.717, 1.165) is 55.1 Å². The first-order valence-corrected chi connectivity index (χ1v) is 8.64. The molecule has 1 aromatic heterocycles. The minimum absolute atomic E-state index is 0.252. The lowest BCUT2D eigenvalue weighted by Crippen LogP contribution is -2.59. The first-order chi connectivity index (χ1) is 12.2. The number of anilines is 1. The molecule has 2 aromatic rings. The smallest absolute Gasteiger partial charge is 0.148 e. The highest BCUT2D eigenvalue weighted by Crippen LogP contribution is 2.36. The maximum absolute atomic E-state index is 6.02. The lowest BCUT2D eigenvalue weighted by molar-refractivity contribution is -0.0244. The van der Waals surface area contributed by atoms with E-state index in [9.17, 15) is 0 Å². The van der Waals surface area contributed by atoms with Gasteiger partial charge in [0.05, 0.1) is 38.4 Å². The maximum atomic E-state index is 6.02. The number of aromatic nitrogens is 2. The summed E-state index contributed by atoms with van der Waals surface area (Å²) < 4.78 is 17.0. The Morgan fingerprint density at radius 2 is 2.04 bits per heavy atom. The summed E-state index contributed by atoms with van der Waals surface area (Å²) in [5.74, 6) is 2.37. The lowest BCUT2D eigenvalue weighted by Gasteiger charge is -2.47. The molecule has 1 aromatic carbocycles. The quantitative estimate of drug-likeness (QED) is 0.837. The van der Waals surface area contributed by atoms with Crippen LogP contribution >= 0.6 is 0 Å². The zero-order valence-corrected chi connectivity index (χ0v) is 14.9. The lowest BCUT2D eigenvalue weighted by atomic mass is 9.98. The summed E-state index contributed by atoms with van der Waals surface area (Å²) in [5, 5.41) is 0.951. The number of likely N-dealkylation sites (N-methyl/N-ethyl adjacent to an activating group) is 1. The van der Waals surface area contributed by atoms with Crippen LogP contribution in [0.2, 0.25) is 0 Å². The predicted octanol–water partition coefficient (Wildman–Crippen LogP) is 1.56. The van der Waals surface area contributed by atoms with E-state index in [4.69, 9.17) is 14.2 Å². The van der Waals surface area contributed by atoms with Gasteiger partial charge in [-0.15, -0.1) is 0 Å². The Bertz CT molecular complexity index is 769. The van der Waals surface area contributed by atoms with E-state index in [1.54, 1.807) is 20.5 Å². The molecular weight excluding hydrogens is 320 g/mol. The molecular formula is C18H24N4O3. The molecule has 0 N–H and O–H groups in total. The minimum Gasteiger partial charge on any atom is -0.497 e. The molecule has 2 aliphatic heterocycles. The Morgan fingerprint density at radius 3 is 2.84 bits per heavy atom. The minimum atomic E-state index is 0.252. The number of ether oxygens (including phenoxy) is 3. The summed E-state index contributed by atoms with van der Waals surface area (Å²) >= 11 is 0. The van der Waals surface area contributed by atoms with Crippen LogP contribution in [-0.2, 0) is 4.74 Å². The molecule has 134 valence electrons. The summed E-state index contributed by atoms with van der Waals surface area (Å²) in [4.78, 5) is 13.8. The molecule has 0 spiro atoms. The van der Waals surface area contributed by atoms with E-state index < -0.39 is 0 Å². The normalized spacial score (nSPS) is 24.2. The molecule has 0 unspecified atom stereocenters. The summed E-state index contributed by atoms with van der Waals surface area (Å²) in [6, 6.07) is 4.14. The number of rotatable bonds is 3. The highest BCUT2D eigenvalue weighted by atomic mass is 16.5. The second-order valence-electron chi connectivity index (χ2n) is 6.64. The topological polar surface area (TPSA) is 60.0 Å². The number of hydrogen-bond donors (Lipinski definition) is 0. The highest BCUT2D eigenvalue weighted by Gasteiger charge is 2.37. The van der Waals surface area contributed by atoms with Crippen LogP contribution in [0.15, 0.2) is 18.5 Å². The Morgan fingerprint density at radius 1 is 1.16 bits per heavy atom. The van der Waals surface area contributed by atoms with Crippen molar-refractivity contribution in [1.29, 1.82) is 0 Å². The van der Waals surface area contributed by atoms with Crippen molar-refractivity contribution in [2.24, 2.45) is 0 Å². The van der Waals surface area contributed by atoms with Gasteiger partial charge in [-0.05, 0) is 19.5 Å². The van der Waals surface area contributed by atoms with Gasteiger partial charge in [0.2, 0.25) is 0 Å². The van der Waals surface area contributed by atoms with Crippen LogP contribution in [0.25, 0.3) is 10.9 Å². The Labute approximate surface area is 147 Å². The fourth-order valence-electron chi connectivity index (χ4n) is 3.89. The second-order valence-corrected chi connectivity index (χ2v) is 6.64. The van der Waals surface area contributed by atoms with Crippen LogP contribution in [0.3, 0.4) is 0 Å². The number of fused-ring (bicyclic) bond motifs is 2. The summed E-state index contributed by atoms with van der Waals surface area (Å²) in [6.07, 6.45) is 2.92. The third-order valence-electron chi connectivity index (χ3n) is 5.17. The van der Waals surface area contributed by atoms with Gasteiger partial charge in [-0.2, -0.15) is 0 Å².